The second kappa shape index (κ2) is 14.4. The molecule has 0 saturated heterocycles. The molecule has 0 radical (unpaired) electrons. The van der Waals surface area contributed by atoms with Crippen LogP contribution in [0, 0.1) is 0 Å². The molecule has 0 N–H and O–H groups in total. The molecule has 0 amide bonds. The lowest BCUT2D eigenvalue weighted by Crippen LogP contribution is -2.06. The fourth-order valence-electron chi connectivity index (χ4n) is 10.3. The van der Waals surface area contributed by atoms with Crippen LogP contribution in [0.2, 0.25) is 0 Å². The van der Waals surface area contributed by atoms with E-state index >= 15 is 0 Å². The molecule has 0 bridgehead atoms. The number of hydrogen-bond acceptors (Lipinski definition) is 3. The Labute approximate surface area is 369 Å². The molecule has 64 heavy (non-hydrogen) atoms. The quantitative estimate of drug-likeness (QED) is 0.168. The second-order valence-corrected chi connectivity index (χ2v) is 17.0. The summed E-state index contributed by atoms with van der Waals surface area (Å²) in [5.74, 6) is 0.406. The average Bonchev–Trinajstić information content (AvgIpc) is 4.01. The van der Waals surface area contributed by atoms with Crippen LogP contribution >= 0.6 is 0 Å². The largest absolute Gasteiger partial charge is 0.313 e. The molecule has 0 saturated carbocycles. The molecule has 6 heterocycles. The zero-order valence-corrected chi connectivity index (χ0v) is 35.1. The molecule has 0 spiro atoms. The summed E-state index contributed by atoms with van der Waals surface area (Å²) in [6, 6.07) is 57.6. The van der Waals surface area contributed by atoms with Gasteiger partial charge < -0.3 is 13.7 Å². The molecule has 6 aromatic heterocycles. The van der Waals surface area contributed by atoms with Crippen LogP contribution in [0.15, 0.2) is 201 Å². The molecular formula is C58H40N6. The Balaban J connectivity index is 0.931. The predicted octanol–water partition coefficient (Wildman–Crippen LogP) is 14.5. The summed E-state index contributed by atoms with van der Waals surface area (Å²) >= 11 is 0. The van der Waals surface area contributed by atoms with E-state index in [1.807, 2.05) is 37.2 Å². The van der Waals surface area contributed by atoms with Gasteiger partial charge in [0.15, 0.2) is 0 Å². The van der Waals surface area contributed by atoms with Gasteiger partial charge in [-0.25, -0.2) is 0 Å². The van der Waals surface area contributed by atoms with Crippen molar-refractivity contribution in [3.63, 3.8) is 0 Å². The van der Waals surface area contributed by atoms with Gasteiger partial charge in [-0.3, -0.25) is 15.0 Å². The van der Waals surface area contributed by atoms with Crippen LogP contribution in [0.1, 0.15) is 30.5 Å². The van der Waals surface area contributed by atoms with Crippen molar-refractivity contribution >= 4 is 60.6 Å². The van der Waals surface area contributed by atoms with E-state index < -0.39 is 0 Å². The number of allylic oxidation sites excluding steroid dienone is 1. The van der Waals surface area contributed by atoms with Crippen LogP contribution in [0.25, 0.3) is 111 Å². The van der Waals surface area contributed by atoms with Crippen molar-refractivity contribution in [1.82, 2.24) is 28.7 Å². The van der Waals surface area contributed by atoms with Crippen LogP contribution in [-0.4, -0.2) is 28.7 Å². The highest BCUT2D eigenvalue weighted by Crippen LogP contribution is 2.41. The molecule has 1 aliphatic carbocycles. The Morgan fingerprint density at radius 3 is 1.25 bits per heavy atom. The minimum Gasteiger partial charge on any atom is -0.313 e. The maximum Gasteiger partial charge on any atom is 0.0571 e. The third kappa shape index (κ3) is 5.62. The first-order valence-electron chi connectivity index (χ1n) is 21.9. The molecule has 1 atom stereocenters. The van der Waals surface area contributed by atoms with Crippen molar-refractivity contribution in [2.45, 2.75) is 19.3 Å². The Morgan fingerprint density at radius 1 is 0.391 bits per heavy atom. The summed E-state index contributed by atoms with van der Waals surface area (Å²) < 4.78 is 7.12. The lowest BCUT2D eigenvalue weighted by molar-refractivity contribution is 0.723. The van der Waals surface area contributed by atoms with Gasteiger partial charge in [-0.1, -0.05) is 91.9 Å². The number of fused-ring (bicyclic) bond motifs is 9. The Kier molecular flexibility index (Phi) is 8.15. The van der Waals surface area contributed by atoms with Gasteiger partial charge in [0.05, 0.1) is 27.6 Å². The number of hydrogen-bond donors (Lipinski definition) is 0. The first kappa shape index (κ1) is 36.3. The number of aromatic nitrogens is 6. The van der Waals surface area contributed by atoms with Crippen LogP contribution in [-0.2, 0) is 0 Å². The highest BCUT2D eigenvalue weighted by molar-refractivity contribution is 6.10. The number of para-hydroxylation sites is 2. The molecule has 0 aliphatic heterocycles. The van der Waals surface area contributed by atoms with E-state index in [0.717, 1.165) is 78.7 Å². The summed E-state index contributed by atoms with van der Waals surface area (Å²) in [4.78, 5) is 13.4. The third-order valence-corrected chi connectivity index (χ3v) is 13.3. The minimum absolute atomic E-state index is 0.406. The molecule has 12 aromatic rings. The molecule has 6 nitrogen and oxygen atoms in total. The molecule has 1 aliphatic rings. The van der Waals surface area contributed by atoms with Crippen LogP contribution in [0.5, 0.6) is 0 Å². The zero-order chi connectivity index (χ0) is 42.3. The minimum atomic E-state index is 0.406. The Morgan fingerprint density at radius 2 is 0.781 bits per heavy atom. The van der Waals surface area contributed by atoms with Crippen molar-refractivity contribution < 1.29 is 0 Å². The fourth-order valence-corrected chi connectivity index (χ4v) is 10.3. The van der Waals surface area contributed by atoms with Gasteiger partial charge in [-0.15, -0.1) is 0 Å². The van der Waals surface area contributed by atoms with E-state index in [4.69, 9.17) is 0 Å². The van der Waals surface area contributed by atoms with Crippen LogP contribution in [0.4, 0.5) is 0 Å². The van der Waals surface area contributed by atoms with Crippen molar-refractivity contribution in [1.29, 1.82) is 0 Å². The number of benzene rings is 6. The maximum absolute atomic E-state index is 4.50. The normalized spacial score (nSPS) is 13.7. The van der Waals surface area contributed by atoms with E-state index in [1.54, 1.807) is 0 Å². The predicted molar refractivity (Wildman–Crippen MR) is 264 cm³/mol. The van der Waals surface area contributed by atoms with Gasteiger partial charge in [0, 0.05) is 98.3 Å². The first-order chi connectivity index (χ1) is 31.7. The van der Waals surface area contributed by atoms with E-state index in [0.29, 0.717) is 5.92 Å². The average molecular weight is 821 g/mol. The molecule has 13 rings (SSSR count). The summed E-state index contributed by atoms with van der Waals surface area (Å²) in [5.41, 5.74) is 18.8. The summed E-state index contributed by atoms with van der Waals surface area (Å²) in [7, 11) is 0. The Hall–Kier alpha value is -8.35. The highest BCUT2D eigenvalue weighted by Gasteiger charge is 2.24. The SMILES string of the molecule is CC1CC=Cc2c1n(-c1ccc(-c3cc(-c4ccc(-n5c6ccccc6c6cnccc65)cc4)cc(-c4ccc(-n5c6ccccc6c6cnccc65)cc4)c3)cc1)c1ccncc21. The van der Waals surface area contributed by atoms with E-state index in [-0.39, 0.29) is 0 Å². The lowest BCUT2D eigenvalue weighted by Gasteiger charge is -2.19. The first-order valence-corrected chi connectivity index (χ1v) is 21.9. The van der Waals surface area contributed by atoms with E-state index in [9.17, 15) is 0 Å². The van der Waals surface area contributed by atoms with Gasteiger partial charge in [0.25, 0.3) is 0 Å². The monoisotopic (exact) mass is 820 g/mol. The zero-order valence-electron chi connectivity index (χ0n) is 35.1. The molecule has 6 heteroatoms. The van der Waals surface area contributed by atoms with Crippen molar-refractivity contribution in [2.24, 2.45) is 0 Å². The highest BCUT2D eigenvalue weighted by atomic mass is 15.0. The van der Waals surface area contributed by atoms with Gasteiger partial charge in [-0.05, 0) is 125 Å². The molecule has 1 unspecified atom stereocenters. The molecule has 0 fully saturated rings. The topological polar surface area (TPSA) is 53.5 Å². The number of rotatable bonds is 6. The van der Waals surface area contributed by atoms with Gasteiger partial charge in [-0.2, -0.15) is 0 Å². The third-order valence-electron chi connectivity index (χ3n) is 13.3. The molecule has 6 aromatic carbocycles. The summed E-state index contributed by atoms with van der Waals surface area (Å²) in [6.07, 6.45) is 17.2. The molecular weight excluding hydrogens is 781 g/mol. The Bertz CT molecular complexity index is 3530. The van der Waals surface area contributed by atoms with Crippen LogP contribution < -0.4 is 0 Å². The van der Waals surface area contributed by atoms with Crippen LogP contribution in [0.3, 0.4) is 0 Å². The number of pyridine rings is 3. The smallest absolute Gasteiger partial charge is 0.0571 e. The van der Waals surface area contributed by atoms with Gasteiger partial charge in [0.2, 0.25) is 0 Å². The van der Waals surface area contributed by atoms with E-state index in [1.165, 1.54) is 44.0 Å². The van der Waals surface area contributed by atoms with Gasteiger partial charge >= 0.3 is 0 Å². The maximum atomic E-state index is 4.50. The van der Waals surface area contributed by atoms with Crippen molar-refractivity contribution in [3.05, 3.63) is 212 Å². The van der Waals surface area contributed by atoms with E-state index in [2.05, 4.69) is 205 Å². The van der Waals surface area contributed by atoms with Crippen molar-refractivity contribution in [2.75, 3.05) is 0 Å². The lowest BCUT2D eigenvalue weighted by atomic mass is 9.92. The summed E-state index contributed by atoms with van der Waals surface area (Å²) in [5, 5.41) is 5.91. The number of nitrogens with zero attached hydrogens (tertiary/aromatic N) is 6. The van der Waals surface area contributed by atoms with Gasteiger partial charge in [0.1, 0.15) is 0 Å². The fraction of sp³-hybridized carbons (Fsp3) is 0.0517. The van der Waals surface area contributed by atoms with Crippen molar-refractivity contribution in [3.8, 4) is 50.4 Å². The standard InChI is InChI=1S/C58H40N6/c1-37-7-6-10-49-52-36-61-30-27-57(52)64(58(37)49)46-23-17-40(18-24-46)43-32-41(38-13-19-44(20-14-38)62-53-11-4-2-8-47(53)50-34-59-28-25-55(50)62)31-42(33-43)39-15-21-45(22-16-39)63-54-12-5-3-9-48(54)51-35-60-29-26-56(51)63/h2-6,8-37H,7H2,1H3. The second-order valence-electron chi connectivity index (χ2n) is 17.0. The molecule has 302 valence electrons. The summed E-state index contributed by atoms with van der Waals surface area (Å²) in [6.45, 7) is 2.33.